The molecule has 3 rings (SSSR count). The van der Waals surface area contributed by atoms with Crippen molar-refractivity contribution in [3.8, 4) is 0 Å². The Bertz CT molecular complexity index is 660. The molecule has 0 saturated heterocycles. The first-order valence-corrected chi connectivity index (χ1v) is 11.8. The molecule has 0 aromatic heterocycles. The van der Waals surface area contributed by atoms with Crippen LogP contribution in [0, 0.1) is 17.9 Å². The van der Waals surface area contributed by atoms with Crippen molar-refractivity contribution in [3.05, 3.63) is 81.5 Å². The summed E-state index contributed by atoms with van der Waals surface area (Å²) < 4.78 is 0. The molecule has 0 fully saturated rings. The standard InChI is InChI=1S/C19H21Si.2C2H6N.Hf/c1-14-12-16-10-6-7-11-17(13-20(2)3)19(16)18(14)15-8-4-5-9-15;2*1-3-2;/h4-10,13,15,17H,11H2,1-3H3;2*1-2H3;/q3*-1;. The van der Waals surface area contributed by atoms with Crippen LogP contribution < -0.4 is 0 Å². The maximum Gasteiger partial charge on any atom is 0 e. The summed E-state index contributed by atoms with van der Waals surface area (Å²) in [5.41, 5.74) is 8.24. The Labute approximate surface area is 187 Å². The third-order valence-electron chi connectivity index (χ3n) is 4.08. The predicted molar refractivity (Wildman–Crippen MR) is 121 cm³/mol. The maximum absolute atomic E-state index is 3.60. The van der Waals surface area contributed by atoms with Crippen LogP contribution in [0.4, 0.5) is 0 Å². The van der Waals surface area contributed by atoms with Gasteiger partial charge in [0.05, 0.1) is 0 Å². The fourth-order valence-electron chi connectivity index (χ4n) is 3.33. The average molecular weight is 544 g/mol. The van der Waals surface area contributed by atoms with Gasteiger partial charge in [-0.3, -0.25) is 0 Å². The molecular formula is C23H33HfN2Si-3. The molecule has 4 heteroatoms. The number of allylic oxidation sites excluding steroid dienone is 12. The van der Waals surface area contributed by atoms with Gasteiger partial charge in [-0.15, -0.1) is 35.0 Å². The van der Waals surface area contributed by atoms with Gasteiger partial charge in [0.1, 0.15) is 0 Å². The van der Waals surface area contributed by atoms with Crippen LogP contribution in [-0.2, 0) is 25.8 Å². The first-order valence-electron chi connectivity index (χ1n) is 9.18. The van der Waals surface area contributed by atoms with E-state index in [1.165, 1.54) is 22.3 Å². The van der Waals surface area contributed by atoms with E-state index < -0.39 is 0 Å². The van der Waals surface area contributed by atoms with Gasteiger partial charge in [-0.25, -0.2) is 0 Å². The topological polar surface area (TPSA) is 28.2 Å². The van der Waals surface area contributed by atoms with Crippen molar-refractivity contribution in [1.82, 2.24) is 0 Å². The van der Waals surface area contributed by atoms with Crippen molar-refractivity contribution in [2.24, 2.45) is 11.8 Å². The first-order chi connectivity index (χ1) is 12.5. The predicted octanol–water partition coefficient (Wildman–Crippen LogP) is 5.67. The van der Waals surface area contributed by atoms with Gasteiger partial charge in [0.2, 0.25) is 0 Å². The van der Waals surface area contributed by atoms with Crippen molar-refractivity contribution in [3.63, 3.8) is 0 Å². The maximum atomic E-state index is 3.60. The Hall–Kier alpha value is -0.683. The molecular weight excluding hydrogens is 511 g/mol. The van der Waals surface area contributed by atoms with Crippen molar-refractivity contribution < 1.29 is 25.8 Å². The van der Waals surface area contributed by atoms with Gasteiger partial charge in [0, 0.05) is 25.8 Å². The zero-order valence-electron chi connectivity index (χ0n) is 17.9. The molecule has 0 aliphatic heterocycles. The van der Waals surface area contributed by atoms with Crippen LogP contribution in [-0.4, -0.2) is 42.3 Å². The van der Waals surface area contributed by atoms with Crippen molar-refractivity contribution >= 4 is 14.1 Å². The van der Waals surface area contributed by atoms with Crippen LogP contribution in [0.15, 0.2) is 64.8 Å². The molecule has 0 heterocycles. The van der Waals surface area contributed by atoms with Crippen LogP contribution in [0.25, 0.3) is 10.6 Å². The first kappa shape index (κ1) is 26.3. The second kappa shape index (κ2) is 14.3. The SMILES string of the molecule is CC1=[C-]C2=CC=CCC(C=[Si](C)C)C2=C1C1C=CC=C1.C[N-]C.C[N-]C.[Hf]. The van der Waals surface area contributed by atoms with Gasteiger partial charge in [-0.2, -0.15) is 39.3 Å². The fourth-order valence-corrected chi connectivity index (χ4v) is 4.44. The monoisotopic (exact) mass is 545 g/mol. The Kier molecular flexibility index (Phi) is 14.0. The Morgan fingerprint density at radius 2 is 1.56 bits per heavy atom. The number of nitrogens with zero attached hydrogens (tertiary/aromatic N) is 2. The summed E-state index contributed by atoms with van der Waals surface area (Å²) in [6.07, 6.45) is 20.4. The number of fused-ring (bicyclic) bond motifs is 1. The zero-order chi connectivity index (χ0) is 19.5. The molecule has 3 aliphatic carbocycles. The Morgan fingerprint density at radius 1 is 1.00 bits per heavy atom. The summed E-state index contributed by atoms with van der Waals surface area (Å²) in [5.74, 6) is 1.01. The van der Waals surface area contributed by atoms with Gasteiger partial charge < -0.3 is 10.6 Å². The van der Waals surface area contributed by atoms with Gasteiger partial charge in [0.15, 0.2) is 0 Å². The summed E-state index contributed by atoms with van der Waals surface area (Å²) in [6.45, 7) is 6.96. The summed E-state index contributed by atoms with van der Waals surface area (Å²) in [4.78, 5) is 0. The van der Waals surface area contributed by atoms with E-state index in [9.17, 15) is 0 Å². The van der Waals surface area contributed by atoms with Crippen molar-refractivity contribution in [1.29, 1.82) is 0 Å². The van der Waals surface area contributed by atoms with Crippen LogP contribution in [0.2, 0.25) is 13.1 Å². The molecule has 0 bridgehead atoms. The van der Waals surface area contributed by atoms with Gasteiger partial charge >= 0.3 is 0 Å². The molecule has 0 amide bonds. The second-order valence-electron chi connectivity index (χ2n) is 6.86. The summed E-state index contributed by atoms with van der Waals surface area (Å²) in [7, 11) is 6.66. The number of hydrogen-bond donors (Lipinski definition) is 0. The summed E-state index contributed by atoms with van der Waals surface area (Å²) in [6, 6.07) is 0. The third kappa shape index (κ3) is 8.06. The van der Waals surface area contributed by atoms with Crippen molar-refractivity contribution in [2.45, 2.75) is 26.4 Å². The normalized spacial score (nSPS) is 19.6. The molecule has 0 spiro atoms. The van der Waals surface area contributed by atoms with E-state index in [0.717, 1.165) is 6.42 Å². The molecule has 0 radical (unpaired) electrons. The largest absolute Gasteiger partial charge is 0.668 e. The van der Waals surface area contributed by atoms with Crippen molar-refractivity contribution in [2.75, 3.05) is 28.2 Å². The minimum absolute atomic E-state index is 0. The third-order valence-corrected chi connectivity index (χ3v) is 5.15. The molecule has 27 heavy (non-hydrogen) atoms. The Morgan fingerprint density at radius 3 is 2.07 bits per heavy atom. The number of rotatable bonds is 2. The molecule has 1 unspecified atom stereocenters. The summed E-state index contributed by atoms with van der Waals surface area (Å²) in [5, 5.41) is 7.00. The van der Waals surface area contributed by atoms with E-state index in [0.29, 0.717) is 11.8 Å². The van der Waals surface area contributed by atoms with E-state index in [-0.39, 0.29) is 34.3 Å². The molecule has 2 nitrogen and oxygen atoms in total. The zero-order valence-corrected chi connectivity index (χ0v) is 22.5. The van der Waals surface area contributed by atoms with E-state index in [1.807, 2.05) is 0 Å². The van der Waals surface area contributed by atoms with Crippen LogP contribution in [0.5, 0.6) is 0 Å². The van der Waals surface area contributed by atoms with E-state index in [1.54, 1.807) is 28.2 Å². The van der Waals surface area contributed by atoms with Crippen LogP contribution in [0.3, 0.4) is 0 Å². The second-order valence-corrected chi connectivity index (χ2v) is 9.35. The smallest absolute Gasteiger partial charge is 0 e. The minimum Gasteiger partial charge on any atom is -0.668 e. The molecule has 3 aliphatic rings. The van der Waals surface area contributed by atoms with Gasteiger partial charge in [-0.1, -0.05) is 50.4 Å². The van der Waals surface area contributed by atoms with Crippen LogP contribution >= 0.6 is 0 Å². The molecule has 0 aromatic rings. The molecule has 0 N–H and O–H groups in total. The quantitative estimate of drug-likeness (QED) is 0.317. The van der Waals surface area contributed by atoms with Gasteiger partial charge in [-0.05, 0) is 26.7 Å². The van der Waals surface area contributed by atoms with Gasteiger partial charge in [0.25, 0.3) is 0 Å². The van der Waals surface area contributed by atoms with E-state index in [4.69, 9.17) is 0 Å². The summed E-state index contributed by atoms with van der Waals surface area (Å²) >= 11 is 0. The number of hydrogen-bond acceptors (Lipinski definition) is 0. The fraction of sp³-hybridized carbons (Fsp3) is 0.435. The van der Waals surface area contributed by atoms with E-state index >= 15 is 0 Å². The molecule has 0 aromatic carbocycles. The average Bonchev–Trinajstić information content (AvgIpc) is 3.15. The molecule has 146 valence electrons. The minimum atomic E-state index is -0.344. The van der Waals surface area contributed by atoms with Crippen LogP contribution in [0.1, 0.15) is 13.3 Å². The molecule has 0 saturated carbocycles. The Balaban J connectivity index is 0.000000860. The molecule has 1 atom stereocenters. The van der Waals surface area contributed by atoms with E-state index in [2.05, 4.69) is 84.9 Å².